The van der Waals surface area contributed by atoms with Gasteiger partial charge in [0.25, 0.3) is 0 Å². The number of hydrogen-bond donors (Lipinski definition) is 1. The Morgan fingerprint density at radius 1 is 1.29 bits per heavy atom. The van der Waals surface area contributed by atoms with Gasteiger partial charge in [0.2, 0.25) is 0 Å². The summed E-state index contributed by atoms with van der Waals surface area (Å²) in [5, 5.41) is 14.7. The Labute approximate surface area is 143 Å². The van der Waals surface area contributed by atoms with E-state index in [0.29, 0.717) is 5.02 Å². The SMILES string of the molecule is CC(C)(C)NCCCc1nnc(-c2ccc(Cl)cc2Br)s1. The summed E-state index contributed by atoms with van der Waals surface area (Å²) >= 11 is 11.1. The molecule has 0 saturated carbocycles. The fraction of sp³-hybridized carbons (Fsp3) is 0.467. The minimum atomic E-state index is 0.167. The molecule has 0 unspecified atom stereocenters. The van der Waals surface area contributed by atoms with Gasteiger partial charge >= 0.3 is 0 Å². The summed E-state index contributed by atoms with van der Waals surface area (Å²) in [6.45, 7) is 7.51. The Morgan fingerprint density at radius 2 is 2.05 bits per heavy atom. The molecule has 2 aromatic rings. The molecule has 0 aliphatic rings. The maximum atomic E-state index is 5.96. The summed E-state index contributed by atoms with van der Waals surface area (Å²) in [6.07, 6.45) is 2.01. The summed E-state index contributed by atoms with van der Waals surface area (Å²) in [5.41, 5.74) is 1.21. The van der Waals surface area contributed by atoms with Gasteiger partial charge in [0.1, 0.15) is 10.0 Å². The minimum Gasteiger partial charge on any atom is -0.312 e. The average Bonchev–Trinajstić information content (AvgIpc) is 2.82. The molecule has 114 valence electrons. The quantitative estimate of drug-likeness (QED) is 0.737. The van der Waals surface area contributed by atoms with Crippen LogP contribution in [-0.4, -0.2) is 22.3 Å². The van der Waals surface area contributed by atoms with Crippen LogP contribution in [-0.2, 0) is 6.42 Å². The Morgan fingerprint density at radius 3 is 2.71 bits per heavy atom. The van der Waals surface area contributed by atoms with Crippen LogP contribution in [0.3, 0.4) is 0 Å². The summed E-state index contributed by atoms with van der Waals surface area (Å²) in [6, 6.07) is 5.72. The summed E-state index contributed by atoms with van der Waals surface area (Å²) < 4.78 is 0.951. The molecular weight excluding hydrogens is 370 g/mol. The fourth-order valence-corrected chi connectivity index (χ4v) is 3.75. The van der Waals surface area contributed by atoms with Crippen LogP contribution in [0.1, 0.15) is 32.2 Å². The van der Waals surface area contributed by atoms with Gasteiger partial charge in [-0.2, -0.15) is 0 Å². The van der Waals surface area contributed by atoms with Crippen LogP contribution < -0.4 is 5.32 Å². The smallest absolute Gasteiger partial charge is 0.148 e. The third-order valence-corrected chi connectivity index (χ3v) is 4.76. The van der Waals surface area contributed by atoms with Crippen LogP contribution in [0.2, 0.25) is 5.02 Å². The average molecular weight is 389 g/mol. The van der Waals surface area contributed by atoms with E-state index in [4.69, 9.17) is 11.6 Å². The van der Waals surface area contributed by atoms with Crippen LogP contribution in [0.4, 0.5) is 0 Å². The molecule has 0 aliphatic heterocycles. The number of halogens is 2. The Kier molecular flexibility index (Phi) is 5.77. The van der Waals surface area contributed by atoms with Crippen LogP contribution in [0.15, 0.2) is 22.7 Å². The molecule has 21 heavy (non-hydrogen) atoms. The number of benzene rings is 1. The van der Waals surface area contributed by atoms with Gasteiger partial charge in [-0.25, -0.2) is 0 Å². The first-order valence-electron chi connectivity index (χ1n) is 6.88. The van der Waals surface area contributed by atoms with Gasteiger partial charge < -0.3 is 5.32 Å². The third-order valence-electron chi connectivity index (χ3n) is 2.85. The van der Waals surface area contributed by atoms with E-state index < -0.39 is 0 Å². The number of nitrogens with one attached hydrogen (secondary N) is 1. The molecule has 3 nitrogen and oxygen atoms in total. The topological polar surface area (TPSA) is 37.8 Å². The first kappa shape index (κ1) is 16.9. The molecule has 2 rings (SSSR count). The minimum absolute atomic E-state index is 0.167. The molecule has 0 spiro atoms. The van der Waals surface area contributed by atoms with Crippen molar-refractivity contribution in [2.45, 2.75) is 39.2 Å². The molecule has 1 aromatic heterocycles. The summed E-state index contributed by atoms with van der Waals surface area (Å²) in [4.78, 5) is 0. The van der Waals surface area contributed by atoms with Gasteiger partial charge in [-0.3, -0.25) is 0 Å². The zero-order chi connectivity index (χ0) is 15.5. The lowest BCUT2D eigenvalue weighted by Gasteiger charge is -2.20. The van der Waals surface area contributed by atoms with E-state index in [0.717, 1.165) is 39.4 Å². The van der Waals surface area contributed by atoms with Crippen LogP contribution >= 0.6 is 38.9 Å². The van der Waals surface area contributed by atoms with Crippen LogP contribution in [0, 0.1) is 0 Å². The first-order valence-corrected chi connectivity index (χ1v) is 8.87. The second-order valence-electron chi connectivity index (χ2n) is 5.91. The number of nitrogens with zero attached hydrogens (tertiary/aromatic N) is 2. The van der Waals surface area contributed by atoms with Crippen molar-refractivity contribution in [1.29, 1.82) is 0 Å². The molecule has 1 N–H and O–H groups in total. The van der Waals surface area contributed by atoms with E-state index in [1.54, 1.807) is 11.3 Å². The van der Waals surface area contributed by atoms with Crippen LogP contribution in [0.5, 0.6) is 0 Å². The van der Waals surface area contributed by atoms with E-state index in [1.165, 1.54) is 0 Å². The maximum Gasteiger partial charge on any atom is 0.148 e. The second kappa shape index (κ2) is 7.18. The highest BCUT2D eigenvalue weighted by Crippen LogP contribution is 2.32. The molecule has 0 fully saturated rings. The molecule has 0 saturated heterocycles. The lowest BCUT2D eigenvalue weighted by molar-refractivity contribution is 0.422. The van der Waals surface area contributed by atoms with Crippen molar-refractivity contribution in [1.82, 2.24) is 15.5 Å². The molecule has 0 amide bonds. The van der Waals surface area contributed by atoms with Gasteiger partial charge in [0.15, 0.2) is 0 Å². The fourth-order valence-electron chi connectivity index (χ4n) is 1.83. The van der Waals surface area contributed by atoms with E-state index >= 15 is 0 Å². The number of rotatable bonds is 5. The molecule has 0 radical (unpaired) electrons. The second-order valence-corrected chi connectivity index (χ2v) is 8.26. The molecule has 1 aromatic carbocycles. The monoisotopic (exact) mass is 387 g/mol. The Balaban J connectivity index is 1.95. The van der Waals surface area contributed by atoms with Gasteiger partial charge in [-0.1, -0.05) is 38.9 Å². The number of hydrogen-bond acceptors (Lipinski definition) is 4. The van der Waals surface area contributed by atoms with Gasteiger partial charge in [-0.15, -0.1) is 10.2 Å². The highest BCUT2D eigenvalue weighted by molar-refractivity contribution is 9.10. The molecule has 0 bridgehead atoms. The highest BCUT2D eigenvalue weighted by Gasteiger charge is 2.11. The van der Waals surface area contributed by atoms with Crippen molar-refractivity contribution < 1.29 is 0 Å². The largest absolute Gasteiger partial charge is 0.312 e. The van der Waals surface area contributed by atoms with Gasteiger partial charge in [0.05, 0.1) is 0 Å². The number of aryl methyl sites for hydroxylation is 1. The Bertz CT molecular complexity index is 607. The third kappa shape index (κ3) is 5.33. The molecule has 0 aliphatic carbocycles. The van der Waals surface area contributed by atoms with E-state index in [2.05, 4.69) is 52.2 Å². The predicted molar refractivity (Wildman–Crippen MR) is 94.1 cm³/mol. The Hall–Kier alpha value is -0.490. The van der Waals surface area contributed by atoms with Crippen molar-refractivity contribution >= 4 is 38.9 Å². The molecular formula is C15H19BrClN3S. The van der Waals surface area contributed by atoms with Gasteiger partial charge in [0, 0.05) is 27.0 Å². The van der Waals surface area contributed by atoms with Crippen molar-refractivity contribution in [3.8, 4) is 10.6 Å². The van der Waals surface area contributed by atoms with Crippen molar-refractivity contribution in [3.05, 3.63) is 32.7 Å². The van der Waals surface area contributed by atoms with E-state index in [9.17, 15) is 0 Å². The predicted octanol–water partition coefficient (Wildman–Crippen LogP) is 4.94. The highest BCUT2D eigenvalue weighted by atomic mass is 79.9. The van der Waals surface area contributed by atoms with Crippen molar-refractivity contribution in [2.75, 3.05) is 6.54 Å². The van der Waals surface area contributed by atoms with Gasteiger partial charge in [-0.05, 0) is 51.9 Å². The van der Waals surface area contributed by atoms with Crippen molar-refractivity contribution in [3.63, 3.8) is 0 Å². The maximum absolute atomic E-state index is 5.96. The lowest BCUT2D eigenvalue weighted by Crippen LogP contribution is -2.36. The zero-order valence-electron chi connectivity index (χ0n) is 12.4. The number of aromatic nitrogens is 2. The zero-order valence-corrected chi connectivity index (χ0v) is 15.6. The molecule has 6 heteroatoms. The first-order chi connectivity index (χ1) is 9.85. The van der Waals surface area contributed by atoms with Crippen molar-refractivity contribution in [2.24, 2.45) is 0 Å². The lowest BCUT2D eigenvalue weighted by atomic mass is 10.1. The van der Waals surface area contributed by atoms with E-state index in [-0.39, 0.29) is 5.54 Å². The molecule has 1 heterocycles. The normalized spacial score (nSPS) is 11.9. The standard InChI is InChI=1S/C15H19BrClN3S/c1-15(2,3)18-8-4-5-13-19-20-14(21-13)11-7-6-10(17)9-12(11)16/h6-7,9,18H,4-5,8H2,1-3H3. The summed E-state index contributed by atoms with van der Waals surface area (Å²) in [7, 11) is 0. The molecule has 0 atom stereocenters. The summed E-state index contributed by atoms with van der Waals surface area (Å²) in [5.74, 6) is 0. The van der Waals surface area contributed by atoms with E-state index in [1.807, 2.05) is 18.2 Å². The van der Waals surface area contributed by atoms with Crippen LogP contribution in [0.25, 0.3) is 10.6 Å².